The van der Waals surface area contributed by atoms with E-state index in [0.29, 0.717) is 16.2 Å². The first-order valence-electron chi connectivity index (χ1n) is 5.26. The Bertz CT molecular complexity index is 741. The van der Waals surface area contributed by atoms with Crippen molar-refractivity contribution in [1.82, 2.24) is 15.2 Å². The van der Waals surface area contributed by atoms with E-state index in [2.05, 4.69) is 15.2 Å². The number of benzene rings is 1. The molecule has 1 heterocycles. The minimum atomic E-state index is -1.97. The Morgan fingerprint density at radius 2 is 2.19 bits per heavy atom. The molecule has 0 bridgehead atoms. The summed E-state index contributed by atoms with van der Waals surface area (Å²) in [6, 6.07) is 6.45. The van der Waals surface area contributed by atoms with Crippen molar-refractivity contribution in [3.8, 4) is 11.4 Å². The second-order valence-corrected chi connectivity index (χ2v) is 4.99. The Balaban J connectivity index is 0.00000220. The summed E-state index contributed by atoms with van der Waals surface area (Å²) in [6.45, 7) is 0. The molecule has 0 amide bonds. The Morgan fingerprint density at radius 3 is 2.76 bits per heavy atom. The second-order valence-electron chi connectivity index (χ2n) is 3.50. The van der Waals surface area contributed by atoms with Gasteiger partial charge in [-0.15, -0.1) is 0 Å². The molecule has 0 fully saturated rings. The first kappa shape index (κ1) is 17.8. The minimum Gasteiger partial charge on any atom is -0.875 e. The summed E-state index contributed by atoms with van der Waals surface area (Å²) in [7, 11) is 0. The predicted octanol–water partition coefficient (Wildman–Crippen LogP) is -2.42. The number of aromatic amines is 2. The van der Waals surface area contributed by atoms with Crippen LogP contribution in [0.15, 0.2) is 41.2 Å². The largest absolute Gasteiger partial charge is 1.00 e. The number of carbonyl (C=O) groups excluding carboxylic acids is 1. The molecule has 10 heteroatoms. The number of aldehydes is 1. The average molecular weight is 333 g/mol. The van der Waals surface area contributed by atoms with E-state index in [-0.39, 0.29) is 47.0 Å². The van der Waals surface area contributed by atoms with Crippen LogP contribution in [0.3, 0.4) is 0 Å². The zero-order chi connectivity index (χ0) is 14.5. The maximum absolute atomic E-state index is 11.9. The van der Waals surface area contributed by atoms with Crippen molar-refractivity contribution in [2.75, 3.05) is 0 Å². The van der Waals surface area contributed by atoms with E-state index in [1.807, 2.05) is 0 Å². The summed E-state index contributed by atoms with van der Waals surface area (Å²) in [5, 5.41) is 15.8. The van der Waals surface area contributed by atoms with Crippen LogP contribution in [0.25, 0.3) is 11.4 Å². The van der Waals surface area contributed by atoms with Crippen molar-refractivity contribution in [2.45, 2.75) is 4.90 Å². The average Bonchev–Trinajstić information content (AvgIpc) is 2.91. The van der Waals surface area contributed by atoms with Crippen molar-refractivity contribution in [3.63, 3.8) is 0 Å². The maximum atomic E-state index is 11.9. The molecule has 2 N–H and O–H groups in total. The van der Waals surface area contributed by atoms with Crippen LogP contribution in [0.4, 0.5) is 0 Å². The molecule has 0 aliphatic rings. The number of H-pyrrole nitrogens is 2. The number of hydrogen-bond acceptors (Lipinski definition) is 6. The molecule has 21 heavy (non-hydrogen) atoms. The summed E-state index contributed by atoms with van der Waals surface area (Å²) in [5.41, 5.74) is 0.630. The van der Waals surface area contributed by atoms with Crippen LogP contribution in [0, 0.1) is 4.77 Å². The smallest absolute Gasteiger partial charge is 0.875 e. The third-order valence-electron chi connectivity index (χ3n) is 2.21. The van der Waals surface area contributed by atoms with Gasteiger partial charge in [-0.3, -0.25) is 15.0 Å². The van der Waals surface area contributed by atoms with Gasteiger partial charge in [0.15, 0.2) is 17.9 Å². The monoisotopic (exact) mass is 333 g/mol. The van der Waals surface area contributed by atoms with E-state index in [4.69, 9.17) is 16.4 Å². The molecule has 1 atom stereocenters. The Hall–Kier alpha value is -1.26. The molecule has 0 spiro atoms. The van der Waals surface area contributed by atoms with Crippen LogP contribution in [0.1, 0.15) is 0 Å². The number of allylic oxidation sites excluding steroid dienone is 1. The van der Waals surface area contributed by atoms with Gasteiger partial charge in [-0.25, -0.2) is 4.21 Å². The van der Waals surface area contributed by atoms with Crippen LogP contribution in [-0.2, 0) is 20.1 Å². The van der Waals surface area contributed by atoms with Gasteiger partial charge in [0, 0.05) is 5.56 Å². The standard InChI is InChI=1S/C11H9N3O4S2.Na/c15-5-8(6-16)18-20(17)9-3-1-2-7(4-9)10-12-11(19)14-13-10;/h1-6,15H,(H2,12,13,14,19);/q;+1/p-1/b8-5+;. The molecule has 0 saturated carbocycles. The van der Waals surface area contributed by atoms with Crippen molar-refractivity contribution >= 4 is 29.6 Å². The summed E-state index contributed by atoms with van der Waals surface area (Å²) in [4.78, 5) is 14.7. The predicted molar refractivity (Wildman–Crippen MR) is 70.8 cm³/mol. The third kappa shape index (κ3) is 4.61. The van der Waals surface area contributed by atoms with Gasteiger partial charge in [-0.2, -0.15) is 4.98 Å². The molecule has 1 aromatic heterocycles. The molecule has 104 valence electrons. The second kappa shape index (κ2) is 8.25. The van der Waals surface area contributed by atoms with Crippen LogP contribution >= 0.6 is 12.2 Å². The molecule has 0 radical (unpaired) electrons. The molecular weight excluding hydrogens is 325 g/mol. The van der Waals surface area contributed by atoms with Gasteiger partial charge in [0.2, 0.25) is 15.9 Å². The SMILES string of the molecule is O=C/C(=C\[O-])OS(=O)c1cccc(-c2nc(=S)[nH][nH]2)c1.[Na+]. The van der Waals surface area contributed by atoms with Crippen molar-refractivity contribution < 1.29 is 47.9 Å². The summed E-state index contributed by atoms with van der Waals surface area (Å²) in [5.74, 6) is -0.0586. The zero-order valence-corrected chi connectivity index (χ0v) is 14.5. The number of nitrogens with zero attached hydrogens (tertiary/aromatic N) is 1. The molecule has 0 saturated heterocycles. The normalized spacial score (nSPS) is 12.3. The van der Waals surface area contributed by atoms with Crippen LogP contribution < -0.4 is 34.7 Å². The Kier molecular flexibility index (Phi) is 6.99. The van der Waals surface area contributed by atoms with Gasteiger partial charge in [-0.1, -0.05) is 18.4 Å². The molecule has 1 unspecified atom stereocenters. The van der Waals surface area contributed by atoms with Gasteiger partial charge in [0.05, 0.1) is 4.90 Å². The number of rotatable bonds is 5. The van der Waals surface area contributed by atoms with Gasteiger partial charge in [-0.05, 0) is 24.4 Å². The zero-order valence-electron chi connectivity index (χ0n) is 10.9. The molecule has 0 aliphatic carbocycles. The Labute approximate surface area is 149 Å². The van der Waals surface area contributed by atoms with E-state index in [1.54, 1.807) is 18.2 Å². The maximum Gasteiger partial charge on any atom is 1.00 e. The van der Waals surface area contributed by atoms with Gasteiger partial charge in [0.1, 0.15) is 0 Å². The van der Waals surface area contributed by atoms with Crippen LogP contribution in [0.5, 0.6) is 0 Å². The minimum absolute atomic E-state index is 0. The molecule has 2 rings (SSSR count). The quantitative estimate of drug-likeness (QED) is 0.207. The Morgan fingerprint density at radius 1 is 1.43 bits per heavy atom. The number of aromatic nitrogens is 3. The van der Waals surface area contributed by atoms with Crippen LogP contribution in [-0.4, -0.2) is 25.7 Å². The number of carbonyl (C=O) groups is 1. The van der Waals surface area contributed by atoms with Gasteiger partial charge in [0.25, 0.3) is 0 Å². The third-order valence-corrected chi connectivity index (χ3v) is 3.38. The number of hydrogen-bond donors (Lipinski definition) is 2. The van der Waals surface area contributed by atoms with E-state index in [1.165, 1.54) is 6.07 Å². The van der Waals surface area contributed by atoms with E-state index >= 15 is 0 Å². The van der Waals surface area contributed by atoms with Gasteiger partial charge < -0.3 is 9.29 Å². The molecule has 0 aliphatic heterocycles. The number of nitrogens with one attached hydrogen (secondary N) is 2. The first-order valence-corrected chi connectivity index (χ1v) is 6.75. The van der Waals surface area contributed by atoms with Crippen molar-refractivity contribution in [3.05, 3.63) is 41.1 Å². The fourth-order valence-corrected chi connectivity index (χ4v) is 2.26. The fourth-order valence-electron chi connectivity index (χ4n) is 1.36. The molecule has 1 aromatic carbocycles. The topological polar surface area (TPSA) is 111 Å². The van der Waals surface area contributed by atoms with Crippen LogP contribution in [0.2, 0.25) is 0 Å². The fraction of sp³-hybridized carbons (Fsp3) is 0. The van der Waals surface area contributed by atoms with E-state index in [0.717, 1.165) is 0 Å². The van der Waals surface area contributed by atoms with Crippen molar-refractivity contribution in [2.24, 2.45) is 0 Å². The molecule has 2 aromatic rings. The van der Waals surface area contributed by atoms with E-state index < -0.39 is 16.8 Å². The summed E-state index contributed by atoms with van der Waals surface area (Å²) in [6.07, 6.45) is 0.388. The summed E-state index contributed by atoms with van der Waals surface area (Å²) >= 11 is 2.87. The molecular formula is C11H8N3NaO4S2. The summed E-state index contributed by atoms with van der Waals surface area (Å²) < 4.78 is 16.9. The first-order chi connectivity index (χ1) is 9.63. The van der Waals surface area contributed by atoms with E-state index in [9.17, 15) is 14.1 Å². The van der Waals surface area contributed by atoms with Crippen molar-refractivity contribution in [1.29, 1.82) is 0 Å². The molecule has 7 nitrogen and oxygen atoms in total. The van der Waals surface area contributed by atoms with Gasteiger partial charge >= 0.3 is 29.6 Å².